The average molecular weight is 359 g/mol. The molecule has 0 aliphatic rings. The minimum Gasteiger partial charge on any atom is -0.496 e. The summed E-state index contributed by atoms with van der Waals surface area (Å²) in [5.74, 6) is 0.856. The maximum atomic E-state index is 6.10. The second-order valence-corrected chi connectivity index (χ2v) is 6.93. The average Bonchev–Trinajstić information content (AvgIpc) is 3.04. The molecule has 1 aromatic heterocycles. The minimum atomic E-state index is 0.722. The number of thiazole rings is 1. The quantitative estimate of drug-likeness (QED) is 0.612. The molecule has 3 aromatic rings. The van der Waals surface area contributed by atoms with Gasteiger partial charge in [0.1, 0.15) is 10.8 Å². The van der Waals surface area contributed by atoms with E-state index in [2.05, 4.69) is 29.5 Å². The first-order chi connectivity index (χ1) is 11.7. The van der Waals surface area contributed by atoms with Crippen molar-refractivity contribution in [3.05, 3.63) is 70.2 Å². The molecule has 0 spiro atoms. The molecule has 0 fully saturated rings. The summed E-state index contributed by atoms with van der Waals surface area (Å²) in [4.78, 5) is 6.95. The number of ether oxygens (including phenoxy) is 1. The highest BCUT2D eigenvalue weighted by Gasteiger charge is 2.10. The molecule has 0 saturated heterocycles. The summed E-state index contributed by atoms with van der Waals surface area (Å²) in [5, 5.41) is 3.90. The van der Waals surface area contributed by atoms with Gasteiger partial charge in [0.15, 0.2) is 0 Å². The van der Waals surface area contributed by atoms with Gasteiger partial charge < -0.3 is 4.74 Å². The van der Waals surface area contributed by atoms with Gasteiger partial charge in [0.05, 0.1) is 12.8 Å². The van der Waals surface area contributed by atoms with E-state index in [1.807, 2.05) is 36.4 Å². The van der Waals surface area contributed by atoms with Crippen molar-refractivity contribution in [2.45, 2.75) is 13.1 Å². The SMILES string of the molecule is COc1ccc(Cl)cc1CN(C)Cc1csc(-c2ccccc2)n1. The van der Waals surface area contributed by atoms with Crippen LogP contribution in [0.4, 0.5) is 0 Å². The van der Waals surface area contributed by atoms with Gasteiger partial charge in [-0.15, -0.1) is 11.3 Å². The zero-order valence-corrected chi connectivity index (χ0v) is 15.3. The molecule has 0 unspecified atom stereocenters. The molecular weight excluding hydrogens is 340 g/mol. The zero-order valence-electron chi connectivity index (χ0n) is 13.7. The lowest BCUT2D eigenvalue weighted by molar-refractivity contribution is 0.307. The number of aromatic nitrogens is 1. The van der Waals surface area contributed by atoms with E-state index in [9.17, 15) is 0 Å². The Morgan fingerprint density at radius 3 is 2.67 bits per heavy atom. The summed E-state index contributed by atoms with van der Waals surface area (Å²) in [6, 6.07) is 16.0. The van der Waals surface area contributed by atoms with Crippen molar-refractivity contribution >= 4 is 22.9 Å². The molecule has 2 aromatic carbocycles. The summed E-state index contributed by atoms with van der Waals surface area (Å²) in [6.07, 6.45) is 0. The first-order valence-corrected chi connectivity index (χ1v) is 8.92. The van der Waals surface area contributed by atoms with Gasteiger partial charge in [-0.3, -0.25) is 4.90 Å². The normalized spacial score (nSPS) is 11.0. The van der Waals surface area contributed by atoms with Gasteiger partial charge in [-0.2, -0.15) is 0 Å². The minimum absolute atomic E-state index is 0.722. The molecule has 3 nitrogen and oxygen atoms in total. The Hall–Kier alpha value is -1.88. The van der Waals surface area contributed by atoms with E-state index in [1.54, 1.807) is 18.4 Å². The zero-order chi connectivity index (χ0) is 16.9. The Labute approximate surface area is 151 Å². The Bertz CT molecular complexity index is 804. The summed E-state index contributed by atoms with van der Waals surface area (Å²) in [5.41, 5.74) is 3.31. The van der Waals surface area contributed by atoms with Crippen LogP contribution >= 0.6 is 22.9 Å². The number of benzene rings is 2. The number of halogens is 1. The first-order valence-electron chi connectivity index (χ1n) is 7.66. The lowest BCUT2D eigenvalue weighted by Gasteiger charge is -2.17. The third kappa shape index (κ3) is 4.15. The van der Waals surface area contributed by atoms with Gasteiger partial charge in [-0.05, 0) is 25.2 Å². The standard InChI is InChI=1S/C19H19ClN2OS/c1-22(11-15-10-16(20)8-9-18(15)23-2)12-17-13-24-19(21-17)14-6-4-3-5-7-14/h3-10,13H,11-12H2,1-2H3. The fourth-order valence-corrected chi connectivity index (χ4v) is 3.60. The topological polar surface area (TPSA) is 25.4 Å². The fourth-order valence-electron chi connectivity index (χ4n) is 2.59. The van der Waals surface area contributed by atoms with Crippen LogP contribution in [0.15, 0.2) is 53.9 Å². The van der Waals surface area contributed by atoms with Crippen LogP contribution in [0.5, 0.6) is 5.75 Å². The van der Waals surface area contributed by atoms with Crippen molar-refractivity contribution in [3.63, 3.8) is 0 Å². The van der Waals surface area contributed by atoms with E-state index in [-0.39, 0.29) is 0 Å². The van der Waals surface area contributed by atoms with E-state index in [0.717, 1.165) is 45.7 Å². The number of hydrogen-bond acceptors (Lipinski definition) is 4. The second kappa shape index (κ2) is 7.79. The van der Waals surface area contributed by atoms with Crippen LogP contribution in [0.1, 0.15) is 11.3 Å². The number of hydrogen-bond donors (Lipinski definition) is 0. The van der Waals surface area contributed by atoms with Crippen molar-refractivity contribution in [1.82, 2.24) is 9.88 Å². The Balaban J connectivity index is 1.69. The number of methoxy groups -OCH3 is 1. The maximum absolute atomic E-state index is 6.10. The summed E-state index contributed by atoms with van der Waals surface area (Å²) < 4.78 is 5.41. The Kier molecular flexibility index (Phi) is 5.51. The molecule has 1 heterocycles. The molecule has 0 aliphatic heterocycles. The Morgan fingerprint density at radius 2 is 1.92 bits per heavy atom. The molecule has 0 bridgehead atoms. The summed E-state index contributed by atoms with van der Waals surface area (Å²) >= 11 is 7.78. The summed E-state index contributed by atoms with van der Waals surface area (Å²) in [6.45, 7) is 1.53. The van der Waals surface area contributed by atoms with Crippen LogP contribution in [-0.4, -0.2) is 24.0 Å². The van der Waals surface area contributed by atoms with Crippen molar-refractivity contribution in [2.24, 2.45) is 0 Å². The molecule has 3 rings (SSSR count). The van der Waals surface area contributed by atoms with Crippen LogP contribution in [0.25, 0.3) is 10.6 Å². The van der Waals surface area contributed by atoms with Crippen LogP contribution in [0, 0.1) is 0 Å². The molecule has 5 heteroatoms. The molecular formula is C19H19ClN2OS. The smallest absolute Gasteiger partial charge is 0.123 e. The van der Waals surface area contributed by atoms with Gasteiger partial charge in [-0.1, -0.05) is 41.9 Å². The van der Waals surface area contributed by atoms with Gasteiger partial charge >= 0.3 is 0 Å². The highest BCUT2D eigenvalue weighted by atomic mass is 35.5. The molecule has 0 aliphatic carbocycles. The third-order valence-corrected chi connectivity index (χ3v) is 4.86. The molecule has 0 amide bonds. The second-order valence-electron chi connectivity index (χ2n) is 5.64. The van der Waals surface area contributed by atoms with Crippen LogP contribution in [-0.2, 0) is 13.1 Å². The van der Waals surface area contributed by atoms with Crippen LogP contribution in [0.3, 0.4) is 0 Å². The number of nitrogens with zero attached hydrogens (tertiary/aromatic N) is 2. The van der Waals surface area contributed by atoms with Gasteiger partial charge in [0.2, 0.25) is 0 Å². The first kappa shape index (κ1) is 17.0. The van der Waals surface area contributed by atoms with E-state index in [4.69, 9.17) is 21.3 Å². The van der Waals surface area contributed by atoms with Crippen molar-refractivity contribution in [2.75, 3.05) is 14.2 Å². The van der Waals surface area contributed by atoms with Crippen molar-refractivity contribution < 1.29 is 4.74 Å². The predicted molar refractivity (Wildman–Crippen MR) is 101 cm³/mol. The largest absolute Gasteiger partial charge is 0.496 e. The van der Waals surface area contributed by atoms with E-state index in [1.165, 1.54) is 0 Å². The van der Waals surface area contributed by atoms with Gasteiger partial charge in [-0.25, -0.2) is 4.98 Å². The van der Waals surface area contributed by atoms with E-state index in [0.29, 0.717) is 0 Å². The van der Waals surface area contributed by atoms with Gasteiger partial charge in [0.25, 0.3) is 0 Å². The molecule has 0 N–H and O–H groups in total. The summed E-state index contributed by atoms with van der Waals surface area (Å²) in [7, 11) is 3.75. The highest BCUT2D eigenvalue weighted by Crippen LogP contribution is 2.26. The van der Waals surface area contributed by atoms with Crippen LogP contribution in [0.2, 0.25) is 5.02 Å². The monoisotopic (exact) mass is 358 g/mol. The fraction of sp³-hybridized carbons (Fsp3) is 0.211. The van der Waals surface area contributed by atoms with Crippen molar-refractivity contribution in [1.29, 1.82) is 0 Å². The molecule has 0 atom stereocenters. The van der Waals surface area contributed by atoms with Crippen molar-refractivity contribution in [3.8, 4) is 16.3 Å². The number of rotatable bonds is 6. The lowest BCUT2D eigenvalue weighted by atomic mass is 10.2. The van der Waals surface area contributed by atoms with Gasteiger partial charge in [0, 0.05) is 34.6 Å². The van der Waals surface area contributed by atoms with E-state index >= 15 is 0 Å². The predicted octanol–water partition coefficient (Wildman–Crippen LogP) is 5.10. The molecule has 0 radical (unpaired) electrons. The molecule has 0 saturated carbocycles. The van der Waals surface area contributed by atoms with E-state index < -0.39 is 0 Å². The maximum Gasteiger partial charge on any atom is 0.123 e. The highest BCUT2D eigenvalue weighted by molar-refractivity contribution is 7.13. The molecule has 124 valence electrons. The molecule has 24 heavy (non-hydrogen) atoms. The lowest BCUT2D eigenvalue weighted by Crippen LogP contribution is -2.18. The van der Waals surface area contributed by atoms with Crippen LogP contribution < -0.4 is 4.74 Å². The Morgan fingerprint density at radius 1 is 1.12 bits per heavy atom. The third-order valence-electron chi connectivity index (χ3n) is 3.69.